The fourth-order valence-corrected chi connectivity index (χ4v) is 3.17. The molecule has 0 spiro atoms. The van der Waals surface area contributed by atoms with Gasteiger partial charge in [0.25, 0.3) is 0 Å². The molecule has 30 heavy (non-hydrogen) atoms. The van der Waals surface area contributed by atoms with Gasteiger partial charge in [0.05, 0.1) is 21.3 Å². The molecule has 5 nitrogen and oxygen atoms in total. The first-order valence-corrected chi connectivity index (χ1v) is 9.58. The van der Waals surface area contributed by atoms with Gasteiger partial charge in [-0.1, -0.05) is 18.2 Å². The molecule has 0 unspecified atom stereocenters. The van der Waals surface area contributed by atoms with Gasteiger partial charge < -0.3 is 14.2 Å². The van der Waals surface area contributed by atoms with Gasteiger partial charge in [0.1, 0.15) is 17.2 Å². The van der Waals surface area contributed by atoms with Crippen LogP contribution in [-0.2, 0) is 12.8 Å². The number of carbonyl (C=O) groups is 2. The second kappa shape index (κ2) is 9.74. The van der Waals surface area contributed by atoms with Crippen LogP contribution in [0.5, 0.6) is 17.2 Å². The molecule has 3 aromatic rings. The summed E-state index contributed by atoms with van der Waals surface area (Å²) in [5, 5.41) is 0. The van der Waals surface area contributed by atoms with Gasteiger partial charge in [-0.2, -0.15) is 0 Å². The Morgan fingerprint density at radius 1 is 0.600 bits per heavy atom. The Hall–Kier alpha value is -3.60. The van der Waals surface area contributed by atoms with Gasteiger partial charge in [-0.15, -0.1) is 0 Å². The van der Waals surface area contributed by atoms with E-state index in [1.54, 1.807) is 63.8 Å². The third-order valence-corrected chi connectivity index (χ3v) is 4.86. The summed E-state index contributed by atoms with van der Waals surface area (Å²) in [7, 11) is 4.79. The van der Waals surface area contributed by atoms with Gasteiger partial charge in [-0.3, -0.25) is 9.59 Å². The third-order valence-electron chi connectivity index (χ3n) is 4.86. The van der Waals surface area contributed by atoms with Crippen LogP contribution in [0.25, 0.3) is 0 Å². The molecular formula is C25H24O5. The van der Waals surface area contributed by atoms with E-state index in [2.05, 4.69) is 0 Å². The summed E-state index contributed by atoms with van der Waals surface area (Å²) in [6, 6.07) is 19.5. The highest BCUT2D eigenvalue weighted by Gasteiger charge is 2.18. The molecule has 0 amide bonds. The van der Waals surface area contributed by atoms with Crippen LogP contribution < -0.4 is 14.2 Å². The van der Waals surface area contributed by atoms with Crippen LogP contribution in [0.3, 0.4) is 0 Å². The highest BCUT2D eigenvalue weighted by molar-refractivity contribution is 6.49. The lowest BCUT2D eigenvalue weighted by Crippen LogP contribution is -2.14. The first-order chi connectivity index (χ1) is 14.5. The van der Waals surface area contributed by atoms with E-state index < -0.39 is 11.6 Å². The van der Waals surface area contributed by atoms with Crippen LogP contribution in [0.15, 0.2) is 66.7 Å². The van der Waals surface area contributed by atoms with Crippen molar-refractivity contribution in [2.45, 2.75) is 12.8 Å². The Kier molecular flexibility index (Phi) is 6.86. The lowest BCUT2D eigenvalue weighted by atomic mass is 9.97. The zero-order valence-electron chi connectivity index (χ0n) is 17.3. The van der Waals surface area contributed by atoms with Crippen molar-refractivity contribution in [2.24, 2.45) is 0 Å². The van der Waals surface area contributed by atoms with E-state index in [0.717, 1.165) is 29.0 Å². The van der Waals surface area contributed by atoms with Crippen molar-refractivity contribution < 1.29 is 23.8 Å². The monoisotopic (exact) mass is 404 g/mol. The van der Waals surface area contributed by atoms with Crippen molar-refractivity contribution in [1.82, 2.24) is 0 Å². The van der Waals surface area contributed by atoms with Crippen LogP contribution >= 0.6 is 0 Å². The van der Waals surface area contributed by atoms with E-state index in [0.29, 0.717) is 23.3 Å². The summed E-state index contributed by atoms with van der Waals surface area (Å²) in [6.45, 7) is 0. The zero-order valence-corrected chi connectivity index (χ0v) is 17.3. The van der Waals surface area contributed by atoms with E-state index in [1.807, 2.05) is 24.3 Å². The van der Waals surface area contributed by atoms with Crippen molar-refractivity contribution in [3.8, 4) is 17.2 Å². The molecule has 154 valence electrons. The molecule has 0 aliphatic heterocycles. The van der Waals surface area contributed by atoms with Crippen molar-refractivity contribution in [1.29, 1.82) is 0 Å². The Bertz CT molecular complexity index is 1020. The normalized spacial score (nSPS) is 10.4. The quantitative estimate of drug-likeness (QED) is 0.386. The van der Waals surface area contributed by atoms with Crippen LogP contribution in [0.4, 0.5) is 0 Å². The summed E-state index contributed by atoms with van der Waals surface area (Å²) in [4.78, 5) is 25.2. The number of Topliss-reactive ketones (excluding diaryl/α,β-unsaturated/α-hetero) is 2. The van der Waals surface area contributed by atoms with E-state index in [9.17, 15) is 9.59 Å². The molecule has 0 bridgehead atoms. The fourth-order valence-electron chi connectivity index (χ4n) is 3.17. The molecule has 0 saturated carbocycles. The maximum Gasteiger partial charge on any atom is 0.233 e. The smallest absolute Gasteiger partial charge is 0.233 e. The van der Waals surface area contributed by atoms with Crippen molar-refractivity contribution >= 4 is 11.6 Å². The van der Waals surface area contributed by atoms with Gasteiger partial charge in [-0.25, -0.2) is 0 Å². The number of ketones is 2. The summed E-state index contributed by atoms with van der Waals surface area (Å²) < 4.78 is 15.7. The number of methoxy groups -OCH3 is 3. The molecule has 0 radical (unpaired) electrons. The standard InChI is InChI=1S/C25H24O5/c1-28-21-11-9-19(10-12-21)24(26)25(27)20-6-4-5-17(13-20)7-8-18-14-22(29-2)16-23(15-18)30-3/h4-6,9-16H,7-8H2,1-3H3. The minimum absolute atomic E-state index is 0.342. The number of carbonyl (C=O) groups excluding carboxylic acids is 2. The summed E-state index contributed by atoms with van der Waals surface area (Å²) in [6.07, 6.45) is 1.46. The molecule has 5 heteroatoms. The average Bonchev–Trinajstić information content (AvgIpc) is 2.81. The molecule has 0 aliphatic carbocycles. The highest BCUT2D eigenvalue weighted by Crippen LogP contribution is 2.24. The number of aryl methyl sites for hydroxylation is 2. The highest BCUT2D eigenvalue weighted by atomic mass is 16.5. The second-order valence-corrected chi connectivity index (χ2v) is 6.81. The number of benzene rings is 3. The maximum atomic E-state index is 12.7. The second-order valence-electron chi connectivity index (χ2n) is 6.81. The fraction of sp³-hybridized carbons (Fsp3) is 0.200. The minimum atomic E-state index is -0.535. The van der Waals surface area contributed by atoms with E-state index in [4.69, 9.17) is 14.2 Å². The first kappa shape index (κ1) is 21.1. The minimum Gasteiger partial charge on any atom is -0.497 e. The van der Waals surface area contributed by atoms with E-state index >= 15 is 0 Å². The zero-order chi connectivity index (χ0) is 21.5. The van der Waals surface area contributed by atoms with Crippen molar-refractivity contribution in [3.05, 3.63) is 89.0 Å². The first-order valence-electron chi connectivity index (χ1n) is 9.58. The van der Waals surface area contributed by atoms with Gasteiger partial charge in [0, 0.05) is 17.2 Å². The number of rotatable bonds is 9. The van der Waals surface area contributed by atoms with Gasteiger partial charge in [0.2, 0.25) is 11.6 Å². The molecule has 0 atom stereocenters. The molecule has 3 rings (SSSR count). The Morgan fingerprint density at radius 2 is 1.17 bits per heavy atom. The van der Waals surface area contributed by atoms with Gasteiger partial charge in [-0.05, 0) is 66.4 Å². The molecule has 0 fully saturated rings. The summed E-state index contributed by atoms with van der Waals surface area (Å²) in [5.41, 5.74) is 2.77. The van der Waals surface area contributed by atoms with Crippen LogP contribution in [-0.4, -0.2) is 32.9 Å². The Balaban J connectivity index is 1.72. The molecule has 0 saturated heterocycles. The molecule has 3 aromatic carbocycles. The molecule has 0 N–H and O–H groups in total. The summed E-state index contributed by atoms with van der Waals surface area (Å²) in [5.74, 6) is 1.05. The lowest BCUT2D eigenvalue weighted by Gasteiger charge is -2.09. The molecule has 0 aromatic heterocycles. The molecular weight excluding hydrogens is 380 g/mol. The Labute approximate surface area is 176 Å². The summed E-state index contributed by atoms with van der Waals surface area (Å²) >= 11 is 0. The topological polar surface area (TPSA) is 61.8 Å². The molecule has 0 heterocycles. The lowest BCUT2D eigenvalue weighted by molar-refractivity contribution is 0.0817. The SMILES string of the molecule is COc1ccc(C(=O)C(=O)c2cccc(CCc3cc(OC)cc(OC)c3)c2)cc1. The number of hydrogen-bond acceptors (Lipinski definition) is 5. The largest absolute Gasteiger partial charge is 0.497 e. The van der Waals surface area contributed by atoms with E-state index in [-0.39, 0.29) is 0 Å². The molecule has 0 aliphatic rings. The van der Waals surface area contributed by atoms with Gasteiger partial charge >= 0.3 is 0 Å². The predicted molar refractivity (Wildman–Crippen MR) is 115 cm³/mol. The van der Waals surface area contributed by atoms with Crippen LogP contribution in [0.2, 0.25) is 0 Å². The number of ether oxygens (including phenoxy) is 3. The van der Waals surface area contributed by atoms with Crippen molar-refractivity contribution in [2.75, 3.05) is 21.3 Å². The maximum absolute atomic E-state index is 12.7. The van der Waals surface area contributed by atoms with E-state index in [1.165, 1.54) is 0 Å². The van der Waals surface area contributed by atoms with Gasteiger partial charge in [0.15, 0.2) is 0 Å². The number of hydrogen-bond donors (Lipinski definition) is 0. The van der Waals surface area contributed by atoms with Crippen LogP contribution in [0, 0.1) is 0 Å². The predicted octanol–water partition coefficient (Wildman–Crippen LogP) is 4.56. The average molecular weight is 404 g/mol. The van der Waals surface area contributed by atoms with Crippen molar-refractivity contribution in [3.63, 3.8) is 0 Å². The Morgan fingerprint density at radius 3 is 1.77 bits per heavy atom. The van der Waals surface area contributed by atoms with Crippen LogP contribution in [0.1, 0.15) is 31.8 Å². The third kappa shape index (κ3) is 5.06.